The maximum Gasteiger partial charge on any atom is 0.0608 e. The molecule has 0 saturated heterocycles. The molecule has 1 nitrogen and oxygen atoms in total. The molecule has 0 amide bonds. The predicted molar refractivity (Wildman–Crippen MR) is 45.2 cm³/mol. The third kappa shape index (κ3) is 1.12. The van der Waals surface area contributed by atoms with Crippen LogP contribution in [0.2, 0.25) is 0 Å². The lowest BCUT2D eigenvalue weighted by atomic mass is 9.85. The number of hydrogen-bond donors (Lipinski definition) is 1. The zero-order valence-corrected chi connectivity index (χ0v) is 7.09. The molecule has 11 heavy (non-hydrogen) atoms. The van der Waals surface area contributed by atoms with Gasteiger partial charge < -0.3 is 5.11 Å². The summed E-state index contributed by atoms with van der Waals surface area (Å²) in [7, 11) is 0. The van der Waals surface area contributed by atoms with Gasteiger partial charge in [-0.05, 0) is 37.5 Å². The molecule has 1 N–H and O–H groups in total. The Morgan fingerprint density at radius 1 is 1.55 bits per heavy atom. The largest absolute Gasteiger partial charge is 0.392 e. The Kier molecular flexibility index (Phi) is 1.76. The molecule has 0 heterocycles. The fourth-order valence-corrected chi connectivity index (χ4v) is 2.49. The van der Waals surface area contributed by atoms with Crippen molar-refractivity contribution in [2.45, 2.75) is 38.7 Å². The van der Waals surface area contributed by atoms with E-state index >= 15 is 0 Å². The third-order valence-electron chi connectivity index (χ3n) is 3.29. The van der Waals surface area contributed by atoms with Gasteiger partial charge in [-0.25, -0.2) is 0 Å². The van der Waals surface area contributed by atoms with Crippen molar-refractivity contribution in [1.29, 1.82) is 0 Å². The average molecular weight is 152 g/mol. The maximum atomic E-state index is 9.59. The topological polar surface area (TPSA) is 20.2 Å². The van der Waals surface area contributed by atoms with E-state index in [0.29, 0.717) is 5.92 Å². The van der Waals surface area contributed by atoms with Crippen LogP contribution in [0, 0.1) is 11.8 Å². The highest BCUT2D eigenvalue weighted by Gasteiger charge is 2.35. The Labute approximate surface area is 68.1 Å². The van der Waals surface area contributed by atoms with Crippen LogP contribution < -0.4 is 0 Å². The van der Waals surface area contributed by atoms with E-state index in [2.05, 4.69) is 13.0 Å². The predicted octanol–water partition coefficient (Wildman–Crippen LogP) is 2.11. The molecule has 0 spiro atoms. The number of hydrogen-bond acceptors (Lipinski definition) is 1. The monoisotopic (exact) mass is 152 g/mol. The molecule has 0 aromatic rings. The van der Waals surface area contributed by atoms with Crippen molar-refractivity contribution in [1.82, 2.24) is 0 Å². The lowest BCUT2D eigenvalue weighted by Crippen LogP contribution is -2.16. The van der Waals surface area contributed by atoms with E-state index in [-0.39, 0.29) is 6.10 Å². The first-order valence-corrected chi connectivity index (χ1v) is 4.66. The van der Waals surface area contributed by atoms with Crippen molar-refractivity contribution in [2.75, 3.05) is 0 Å². The first kappa shape index (κ1) is 7.35. The van der Waals surface area contributed by atoms with E-state index in [4.69, 9.17) is 0 Å². The van der Waals surface area contributed by atoms with Gasteiger partial charge in [0.15, 0.2) is 0 Å². The highest BCUT2D eigenvalue weighted by atomic mass is 16.3. The summed E-state index contributed by atoms with van der Waals surface area (Å²) in [6.45, 7) is 2.18. The zero-order chi connectivity index (χ0) is 7.84. The fourth-order valence-electron chi connectivity index (χ4n) is 2.49. The lowest BCUT2D eigenvalue weighted by molar-refractivity contribution is 0.125. The second-order valence-electron chi connectivity index (χ2n) is 3.95. The quantitative estimate of drug-likeness (QED) is 0.527. The van der Waals surface area contributed by atoms with Gasteiger partial charge in [-0.3, -0.25) is 0 Å². The summed E-state index contributed by atoms with van der Waals surface area (Å²) in [5.41, 5.74) is 1.54. The molecular formula is C10H16O. The van der Waals surface area contributed by atoms with Gasteiger partial charge >= 0.3 is 0 Å². The molecule has 2 aliphatic rings. The molecule has 3 atom stereocenters. The number of allylic oxidation sites excluding steroid dienone is 1. The molecule has 0 radical (unpaired) electrons. The number of aliphatic hydroxyl groups is 1. The zero-order valence-electron chi connectivity index (χ0n) is 7.09. The Bertz CT molecular complexity index is 183. The van der Waals surface area contributed by atoms with Gasteiger partial charge in [0, 0.05) is 0 Å². The SMILES string of the molecule is C[C@H]1C2CCCC=C2C[C@H]1O. The number of aliphatic hydroxyl groups excluding tert-OH is 1. The minimum absolute atomic E-state index is 0.0515. The van der Waals surface area contributed by atoms with Crippen molar-refractivity contribution in [3.05, 3.63) is 11.6 Å². The van der Waals surface area contributed by atoms with Crippen LogP contribution in [0.3, 0.4) is 0 Å². The highest BCUT2D eigenvalue weighted by Crippen LogP contribution is 2.42. The lowest BCUT2D eigenvalue weighted by Gasteiger charge is -2.20. The summed E-state index contributed by atoms with van der Waals surface area (Å²) in [6, 6.07) is 0. The minimum atomic E-state index is -0.0515. The fraction of sp³-hybridized carbons (Fsp3) is 0.800. The van der Waals surface area contributed by atoms with Crippen LogP contribution in [0.4, 0.5) is 0 Å². The van der Waals surface area contributed by atoms with Crippen molar-refractivity contribution >= 4 is 0 Å². The standard InChI is InChI=1S/C10H16O/c1-7-9-5-3-2-4-8(9)6-10(7)11/h4,7,9-11H,2-3,5-6H2,1H3/t7-,9?,10+/m0/s1. The van der Waals surface area contributed by atoms with Crippen LogP contribution in [0.15, 0.2) is 11.6 Å². The van der Waals surface area contributed by atoms with Crippen LogP contribution in [0.1, 0.15) is 32.6 Å². The van der Waals surface area contributed by atoms with E-state index in [1.54, 1.807) is 0 Å². The maximum absolute atomic E-state index is 9.59. The molecule has 2 aliphatic carbocycles. The summed E-state index contributed by atoms with van der Waals surface area (Å²) in [5, 5.41) is 9.59. The molecule has 2 rings (SSSR count). The normalized spacial score (nSPS) is 43.5. The van der Waals surface area contributed by atoms with Crippen molar-refractivity contribution in [3.8, 4) is 0 Å². The van der Waals surface area contributed by atoms with E-state index < -0.39 is 0 Å². The van der Waals surface area contributed by atoms with E-state index in [9.17, 15) is 5.11 Å². The number of rotatable bonds is 0. The molecule has 1 fully saturated rings. The Morgan fingerprint density at radius 2 is 2.36 bits per heavy atom. The molecule has 62 valence electrons. The second kappa shape index (κ2) is 2.63. The summed E-state index contributed by atoms with van der Waals surface area (Å²) >= 11 is 0. The molecule has 0 aromatic heterocycles. The van der Waals surface area contributed by atoms with Gasteiger partial charge in [-0.15, -0.1) is 0 Å². The number of fused-ring (bicyclic) bond motifs is 1. The second-order valence-corrected chi connectivity index (χ2v) is 3.95. The third-order valence-corrected chi connectivity index (χ3v) is 3.29. The highest BCUT2D eigenvalue weighted by molar-refractivity contribution is 5.18. The molecule has 1 saturated carbocycles. The van der Waals surface area contributed by atoms with Crippen molar-refractivity contribution in [3.63, 3.8) is 0 Å². The van der Waals surface area contributed by atoms with E-state index in [0.717, 1.165) is 12.3 Å². The molecule has 0 aliphatic heterocycles. The first-order chi connectivity index (χ1) is 5.29. The van der Waals surface area contributed by atoms with E-state index in [1.807, 2.05) is 0 Å². The Morgan fingerprint density at radius 3 is 3.09 bits per heavy atom. The van der Waals surface area contributed by atoms with Gasteiger partial charge in [-0.2, -0.15) is 0 Å². The summed E-state index contributed by atoms with van der Waals surface area (Å²) < 4.78 is 0. The van der Waals surface area contributed by atoms with Crippen LogP contribution in [0.5, 0.6) is 0 Å². The summed E-state index contributed by atoms with van der Waals surface area (Å²) in [6.07, 6.45) is 7.12. The van der Waals surface area contributed by atoms with Gasteiger partial charge in [0.05, 0.1) is 6.10 Å². The summed E-state index contributed by atoms with van der Waals surface area (Å²) in [5.74, 6) is 1.24. The van der Waals surface area contributed by atoms with Crippen molar-refractivity contribution < 1.29 is 5.11 Å². The molecule has 0 bridgehead atoms. The first-order valence-electron chi connectivity index (χ1n) is 4.66. The van der Waals surface area contributed by atoms with Gasteiger partial charge in [0.1, 0.15) is 0 Å². The van der Waals surface area contributed by atoms with Crippen LogP contribution in [-0.4, -0.2) is 11.2 Å². The van der Waals surface area contributed by atoms with Crippen LogP contribution in [0.25, 0.3) is 0 Å². The van der Waals surface area contributed by atoms with Crippen LogP contribution in [-0.2, 0) is 0 Å². The van der Waals surface area contributed by atoms with Crippen molar-refractivity contribution in [2.24, 2.45) is 11.8 Å². The smallest absolute Gasteiger partial charge is 0.0608 e. The van der Waals surface area contributed by atoms with E-state index in [1.165, 1.54) is 24.8 Å². The Balaban J connectivity index is 2.19. The molecule has 1 unspecified atom stereocenters. The van der Waals surface area contributed by atoms with Gasteiger partial charge in [0.25, 0.3) is 0 Å². The Hall–Kier alpha value is -0.300. The van der Waals surface area contributed by atoms with Gasteiger partial charge in [-0.1, -0.05) is 18.6 Å². The van der Waals surface area contributed by atoms with Crippen LogP contribution >= 0.6 is 0 Å². The van der Waals surface area contributed by atoms with Gasteiger partial charge in [0.2, 0.25) is 0 Å². The minimum Gasteiger partial charge on any atom is -0.392 e. The summed E-state index contributed by atoms with van der Waals surface area (Å²) in [4.78, 5) is 0. The average Bonchev–Trinajstić information content (AvgIpc) is 2.30. The molecule has 1 heteroatoms. The molecular weight excluding hydrogens is 136 g/mol. The molecule has 0 aromatic carbocycles.